The molecular formula is C18H17F3N4OS. The molecule has 4 heterocycles. The fourth-order valence-electron chi connectivity index (χ4n) is 3.22. The number of rotatable bonds is 3. The van der Waals surface area contributed by atoms with Crippen molar-refractivity contribution in [2.75, 3.05) is 31.1 Å². The Kier molecular flexibility index (Phi) is 4.65. The van der Waals surface area contributed by atoms with E-state index in [-0.39, 0.29) is 0 Å². The third-order valence-corrected chi connectivity index (χ3v) is 5.68. The highest BCUT2D eigenvalue weighted by molar-refractivity contribution is 7.19. The average molecular weight is 394 g/mol. The molecule has 27 heavy (non-hydrogen) atoms. The quantitative estimate of drug-likeness (QED) is 0.505. The topological polar surface area (TPSA) is 46.3 Å². The van der Waals surface area contributed by atoms with Gasteiger partial charge in [-0.1, -0.05) is 6.07 Å². The highest BCUT2D eigenvalue weighted by atomic mass is 32.1. The van der Waals surface area contributed by atoms with Crippen LogP contribution < -0.4 is 9.63 Å². The summed E-state index contributed by atoms with van der Waals surface area (Å²) in [6.45, 7) is 3.69. The molecule has 0 N–H and O–H groups in total. The van der Waals surface area contributed by atoms with Gasteiger partial charge in [-0.15, -0.1) is 11.3 Å². The maximum absolute atomic E-state index is 12.8. The summed E-state index contributed by atoms with van der Waals surface area (Å²) in [6.07, 6.45) is -2.01. The molecule has 0 unspecified atom stereocenters. The van der Waals surface area contributed by atoms with Gasteiger partial charge in [-0.2, -0.15) is 13.2 Å². The number of anilines is 1. The molecule has 142 valence electrons. The largest absolute Gasteiger partial charge is 0.711 e. The smallest absolute Gasteiger partial charge is 0.417 e. The number of halogens is 3. The highest BCUT2D eigenvalue weighted by Crippen LogP contribution is 2.33. The standard InChI is InChI=1S/C18H17F3N4OS/c19-18(20,21)13-9-16-15(22-11-13)10-14(27-16)12-23-5-7-24(8-6-23)17-3-1-2-4-25(17)26/h1-4,9-11H,5-8,12H2. The molecule has 0 aromatic carbocycles. The fraction of sp³-hybridized carbons (Fsp3) is 0.333. The van der Waals surface area contributed by atoms with Crippen LogP contribution in [0.15, 0.2) is 42.7 Å². The first-order valence-electron chi connectivity index (χ1n) is 8.51. The molecule has 0 amide bonds. The van der Waals surface area contributed by atoms with E-state index in [0.29, 0.717) is 22.6 Å². The van der Waals surface area contributed by atoms with Gasteiger partial charge < -0.3 is 5.21 Å². The van der Waals surface area contributed by atoms with Crippen molar-refractivity contribution in [2.24, 2.45) is 0 Å². The molecule has 0 aliphatic carbocycles. The number of hydrogen-bond acceptors (Lipinski definition) is 5. The van der Waals surface area contributed by atoms with Crippen molar-refractivity contribution in [3.8, 4) is 0 Å². The van der Waals surface area contributed by atoms with Crippen LogP contribution in [-0.2, 0) is 12.7 Å². The summed E-state index contributed by atoms with van der Waals surface area (Å²) in [5.74, 6) is 0.642. The lowest BCUT2D eigenvalue weighted by atomic mass is 10.2. The first-order valence-corrected chi connectivity index (χ1v) is 9.33. The van der Waals surface area contributed by atoms with Crippen molar-refractivity contribution in [3.05, 3.63) is 58.4 Å². The number of alkyl halides is 3. The molecular weight excluding hydrogens is 377 g/mol. The predicted octanol–water partition coefficient (Wildman–Crippen LogP) is 3.27. The van der Waals surface area contributed by atoms with Crippen molar-refractivity contribution in [1.82, 2.24) is 9.88 Å². The Labute approximate surface area is 157 Å². The van der Waals surface area contributed by atoms with E-state index in [1.54, 1.807) is 12.1 Å². The van der Waals surface area contributed by atoms with Crippen molar-refractivity contribution < 1.29 is 17.9 Å². The van der Waals surface area contributed by atoms with Crippen molar-refractivity contribution in [2.45, 2.75) is 12.7 Å². The molecule has 3 aromatic heterocycles. The summed E-state index contributed by atoms with van der Waals surface area (Å²) >= 11 is 1.35. The van der Waals surface area contributed by atoms with Gasteiger partial charge in [-0.3, -0.25) is 14.8 Å². The molecule has 3 aromatic rings. The summed E-state index contributed by atoms with van der Waals surface area (Å²) in [5, 5.41) is 11.9. The monoisotopic (exact) mass is 394 g/mol. The minimum Gasteiger partial charge on any atom is -0.711 e. The van der Waals surface area contributed by atoms with E-state index in [9.17, 15) is 18.4 Å². The minimum absolute atomic E-state index is 0.551. The lowest BCUT2D eigenvalue weighted by Crippen LogP contribution is -2.49. The van der Waals surface area contributed by atoms with Gasteiger partial charge in [0.1, 0.15) is 0 Å². The molecule has 9 heteroatoms. The number of thiophene rings is 1. The zero-order valence-corrected chi connectivity index (χ0v) is 15.1. The molecule has 1 fully saturated rings. The zero-order chi connectivity index (χ0) is 19.0. The van der Waals surface area contributed by atoms with E-state index in [2.05, 4.69) is 9.88 Å². The summed E-state index contributed by atoms with van der Waals surface area (Å²) < 4.78 is 39.9. The van der Waals surface area contributed by atoms with Gasteiger partial charge in [0.25, 0.3) is 5.82 Å². The average Bonchev–Trinajstić information content (AvgIpc) is 3.03. The molecule has 0 spiro atoms. The van der Waals surface area contributed by atoms with Crippen molar-refractivity contribution in [1.29, 1.82) is 0 Å². The van der Waals surface area contributed by atoms with E-state index in [0.717, 1.165) is 48.0 Å². The molecule has 5 nitrogen and oxygen atoms in total. The number of nitrogens with zero attached hydrogens (tertiary/aromatic N) is 4. The van der Waals surface area contributed by atoms with Crippen LogP contribution in [0.1, 0.15) is 10.4 Å². The Morgan fingerprint density at radius 3 is 2.63 bits per heavy atom. The summed E-state index contributed by atoms with van der Waals surface area (Å²) in [6, 6.07) is 8.37. The normalized spacial score (nSPS) is 16.2. The molecule has 0 atom stereocenters. The molecule has 0 bridgehead atoms. The zero-order valence-electron chi connectivity index (χ0n) is 14.3. The number of piperazine rings is 1. The number of hydrogen-bond donors (Lipinski definition) is 0. The molecule has 1 aliphatic rings. The van der Waals surface area contributed by atoms with E-state index >= 15 is 0 Å². The van der Waals surface area contributed by atoms with Gasteiger partial charge in [0, 0.05) is 36.8 Å². The van der Waals surface area contributed by atoms with Gasteiger partial charge >= 0.3 is 6.18 Å². The fourth-order valence-corrected chi connectivity index (χ4v) is 4.32. The minimum atomic E-state index is -4.38. The highest BCUT2D eigenvalue weighted by Gasteiger charge is 2.31. The Hall–Kier alpha value is -2.39. The molecule has 0 saturated carbocycles. The number of fused-ring (bicyclic) bond motifs is 1. The molecule has 0 radical (unpaired) electrons. The number of pyridine rings is 2. The second-order valence-corrected chi connectivity index (χ2v) is 7.63. The first kappa shape index (κ1) is 18.0. The SMILES string of the molecule is [O-][n+]1ccccc1N1CCN(Cc2cc3ncc(C(F)(F)F)cc3s2)CC1. The predicted molar refractivity (Wildman–Crippen MR) is 97.5 cm³/mol. The lowest BCUT2D eigenvalue weighted by Gasteiger charge is -2.31. The van der Waals surface area contributed by atoms with E-state index in [1.165, 1.54) is 17.5 Å². The lowest BCUT2D eigenvalue weighted by molar-refractivity contribution is -0.592. The van der Waals surface area contributed by atoms with Crippen LogP contribution in [0, 0.1) is 5.21 Å². The third kappa shape index (κ3) is 3.84. The van der Waals surface area contributed by atoms with Crippen LogP contribution >= 0.6 is 11.3 Å². The van der Waals surface area contributed by atoms with Crippen molar-refractivity contribution >= 4 is 27.4 Å². The van der Waals surface area contributed by atoms with Crippen LogP contribution in [0.4, 0.5) is 19.0 Å². The van der Waals surface area contributed by atoms with Crippen LogP contribution in [0.25, 0.3) is 10.2 Å². The Balaban J connectivity index is 1.42. The maximum Gasteiger partial charge on any atom is 0.417 e. The van der Waals surface area contributed by atoms with Gasteiger partial charge in [0.15, 0.2) is 0 Å². The number of aromatic nitrogens is 2. The second kappa shape index (κ2) is 6.97. The van der Waals surface area contributed by atoms with Crippen molar-refractivity contribution in [3.63, 3.8) is 0 Å². The summed E-state index contributed by atoms with van der Waals surface area (Å²) in [5.41, 5.74) is -0.121. The third-order valence-electron chi connectivity index (χ3n) is 4.63. The molecule has 1 aliphatic heterocycles. The summed E-state index contributed by atoms with van der Waals surface area (Å²) in [7, 11) is 0. The van der Waals surface area contributed by atoms with E-state index < -0.39 is 11.7 Å². The van der Waals surface area contributed by atoms with Crippen LogP contribution in [0.3, 0.4) is 0 Å². The van der Waals surface area contributed by atoms with Gasteiger partial charge in [-0.05, 0) is 18.2 Å². The van der Waals surface area contributed by atoms with Crippen LogP contribution in [0.2, 0.25) is 0 Å². The van der Waals surface area contributed by atoms with Crippen LogP contribution in [0.5, 0.6) is 0 Å². The Morgan fingerprint density at radius 2 is 1.93 bits per heavy atom. The van der Waals surface area contributed by atoms with Gasteiger partial charge in [0.05, 0.1) is 35.1 Å². The molecule has 1 saturated heterocycles. The maximum atomic E-state index is 12.8. The molecule has 4 rings (SSSR count). The van der Waals surface area contributed by atoms with E-state index in [4.69, 9.17) is 0 Å². The first-order chi connectivity index (χ1) is 12.9. The van der Waals surface area contributed by atoms with Crippen LogP contribution in [-0.4, -0.2) is 36.1 Å². The Morgan fingerprint density at radius 1 is 1.15 bits per heavy atom. The second-order valence-electron chi connectivity index (χ2n) is 6.47. The van der Waals surface area contributed by atoms with E-state index in [1.807, 2.05) is 17.0 Å². The van der Waals surface area contributed by atoms with Gasteiger partial charge in [-0.25, -0.2) is 4.73 Å². The Bertz CT molecular complexity index is 951. The summed E-state index contributed by atoms with van der Waals surface area (Å²) in [4.78, 5) is 9.23. The van der Waals surface area contributed by atoms with Gasteiger partial charge in [0.2, 0.25) is 0 Å².